The highest BCUT2D eigenvalue weighted by molar-refractivity contribution is 5.40. The Hall–Kier alpha value is -0.460. The van der Waals surface area contributed by atoms with Crippen molar-refractivity contribution < 1.29 is 25.2 Å². The van der Waals surface area contributed by atoms with Crippen LogP contribution in [-0.4, -0.2) is 56.5 Å². The summed E-state index contributed by atoms with van der Waals surface area (Å²) in [4.78, 5) is 0. The highest BCUT2D eigenvalue weighted by atomic mass is 16.5. The zero-order chi connectivity index (χ0) is 28.1. The fourth-order valence-corrected chi connectivity index (χ4v) is 13.3. The Balaban J connectivity index is 1.42. The van der Waals surface area contributed by atoms with E-state index in [1.807, 2.05) is 0 Å². The molecular formula is C33H54O5. The molecule has 5 saturated carbocycles. The molecule has 0 aromatic carbocycles. The molecule has 0 aromatic heterocycles. The van der Waals surface area contributed by atoms with Gasteiger partial charge >= 0.3 is 0 Å². The maximum Gasteiger partial charge on any atom is 0.108 e. The molecule has 6 fully saturated rings. The van der Waals surface area contributed by atoms with E-state index in [1.165, 1.54) is 6.42 Å². The monoisotopic (exact) mass is 530 g/mol. The lowest BCUT2D eigenvalue weighted by atomic mass is 9.37. The first-order valence-electron chi connectivity index (χ1n) is 15.5. The van der Waals surface area contributed by atoms with Gasteiger partial charge < -0.3 is 25.2 Å². The van der Waals surface area contributed by atoms with Gasteiger partial charge in [0, 0.05) is 16.2 Å². The van der Waals surface area contributed by atoms with Gasteiger partial charge in [0.2, 0.25) is 0 Å². The molecule has 0 bridgehead atoms. The predicted molar refractivity (Wildman–Crippen MR) is 148 cm³/mol. The van der Waals surface area contributed by atoms with Crippen LogP contribution in [0.15, 0.2) is 12.7 Å². The first kappa shape index (κ1) is 27.7. The first-order chi connectivity index (χ1) is 17.5. The van der Waals surface area contributed by atoms with Crippen molar-refractivity contribution in [3.63, 3.8) is 0 Å². The SMILES string of the molecule is C=C[C@@]12CC[C@H]3[C@]4(C)[C@@H](O)C5OC([C@H](O)C(C)(C)O)C[C@@H](C)C5[C@@]4(C)CC[C@]34[C@H](C)[C@@]41CCC(O)C2(C)C. The number of aliphatic hydroxyl groups excluding tert-OH is 3. The van der Waals surface area contributed by atoms with Crippen LogP contribution in [0.2, 0.25) is 0 Å². The van der Waals surface area contributed by atoms with Gasteiger partial charge in [-0.15, -0.1) is 6.58 Å². The van der Waals surface area contributed by atoms with Gasteiger partial charge in [0.05, 0.1) is 30.0 Å². The maximum atomic E-state index is 12.4. The molecule has 4 N–H and O–H groups in total. The summed E-state index contributed by atoms with van der Waals surface area (Å²) in [6.45, 7) is 21.8. The second kappa shape index (κ2) is 7.68. The van der Waals surface area contributed by atoms with Crippen molar-refractivity contribution in [1.82, 2.24) is 0 Å². The minimum Gasteiger partial charge on any atom is -0.393 e. The molecule has 0 radical (unpaired) electrons. The lowest BCUT2D eigenvalue weighted by molar-refractivity contribution is -0.206. The van der Waals surface area contributed by atoms with Crippen molar-refractivity contribution in [2.75, 3.05) is 0 Å². The Labute approximate surface area is 230 Å². The summed E-state index contributed by atoms with van der Waals surface area (Å²) in [5, 5.41) is 45.1. The van der Waals surface area contributed by atoms with E-state index in [4.69, 9.17) is 4.74 Å². The summed E-state index contributed by atoms with van der Waals surface area (Å²) < 4.78 is 6.64. The molecular weight excluding hydrogens is 476 g/mol. The number of hydrogen-bond donors (Lipinski definition) is 4. The molecule has 1 aliphatic heterocycles. The fourth-order valence-electron chi connectivity index (χ4n) is 13.3. The summed E-state index contributed by atoms with van der Waals surface area (Å²) >= 11 is 0. The van der Waals surface area contributed by atoms with Gasteiger partial charge in [-0.1, -0.05) is 47.6 Å². The van der Waals surface area contributed by atoms with Crippen molar-refractivity contribution in [2.45, 2.75) is 136 Å². The fraction of sp³-hybridized carbons (Fsp3) is 0.939. The molecule has 14 atom stereocenters. The van der Waals surface area contributed by atoms with Gasteiger partial charge in [0.1, 0.15) is 6.10 Å². The number of ether oxygens (including phenoxy) is 1. The van der Waals surface area contributed by atoms with E-state index < -0.39 is 23.9 Å². The molecule has 1 heterocycles. The molecule has 216 valence electrons. The Morgan fingerprint density at radius 3 is 2.26 bits per heavy atom. The van der Waals surface area contributed by atoms with E-state index in [0.29, 0.717) is 18.3 Å². The number of allylic oxidation sites excluding steroid dienone is 1. The summed E-state index contributed by atoms with van der Waals surface area (Å²) in [5.74, 6) is 1.44. The molecule has 4 unspecified atom stereocenters. The number of hydrogen-bond acceptors (Lipinski definition) is 5. The highest BCUT2D eigenvalue weighted by Crippen LogP contribution is 2.94. The Morgan fingerprint density at radius 2 is 1.66 bits per heavy atom. The lowest BCUT2D eigenvalue weighted by Gasteiger charge is -2.67. The highest BCUT2D eigenvalue weighted by Gasteiger charge is 2.90. The van der Waals surface area contributed by atoms with Crippen molar-refractivity contribution in [3.05, 3.63) is 12.7 Å². The van der Waals surface area contributed by atoms with Gasteiger partial charge in [-0.3, -0.25) is 0 Å². The maximum absolute atomic E-state index is 12.4. The summed E-state index contributed by atoms with van der Waals surface area (Å²) in [6.07, 6.45) is 6.42. The van der Waals surface area contributed by atoms with Crippen LogP contribution >= 0.6 is 0 Å². The molecule has 0 amide bonds. The van der Waals surface area contributed by atoms with Crippen LogP contribution in [-0.2, 0) is 4.74 Å². The van der Waals surface area contributed by atoms with Crippen LogP contribution in [0, 0.1) is 56.2 Å². The van der Waals surface area contributed by atoms with Gasteiger partial charge in [0.15, 0.2) is 0 Å². The number of aliphatic hydroxyl groups is 4. The van der Waals surface area contributed by atoms with Crippen molar-refractivity contribution in [1.29, 1.82) is 0 Å². The van der Waals surface area contributed by atoms with E-state index in [0.717, 1.165) is 32.1 Å². The normalized spacial score (nSPS) is 59.5. The van der Waals surface area contributed by atoms with Crippen LogP contribution in [0.5, 0.6) is 0 Å². The molecule has 0 aromatic rings. The van der Waals surface area contributed by atoms with E-state index >= 15 is 0 Å². The van der Waals surface area contributed by atoms with Crippen LogP contribution in [0.1, 0.15) is 100 Å². The van der Waals surface area contributed by atoms with E-state index in [9.17, 15) is 20.4 Å². The van der Waals surface area contributed by atoms with Crippen LogP contribution < -0.4 is 0 Å². The molecule has 38 heavy (non-hydrogen) atoms. The van der Waals surface area contributed by atoms with E-state index in [2.05, 4.69) is 54.2 Å². The largest absolute Gasteiger partial charge is 0.393 e. The average Bonchev–Trinajstić information content (AvgIpc) is 3.32. The van der Waals surface area contributed by atoms with E-state index in [-0.39, 0.29) is 56.5 Å². The predicted octanol–water partition coefficient (Wildman–Crippen LogP) is 5.09. The Morgan fingerprint density at radius 1 is 1.00 bits per heavy atom. The van der Waals surface area contributed by atoms with Crippen molar-refractivity contribution in [2.24, 2.45) is 56.2 Å². The second-order valence-corrected chi connectivity index (χ2v) is 16.4. The molecule has 5 heteroatoms. The molecule has 1 saturated heterocycles. The molecule has 5 nitrogen and oxygen atoms in total. The molecule has 6 aliphatic rings. The lowest BCUT2D eigenvalue weighted by Crippen LogP contribution is -2.63. The third-order valence-corrected chi connectivity index (χ3v) is 15.3. The first-order valence-corrected chi connectivity index (χ1v) is 15.5. The quantitative estimate of drug-likeness (QED) is 0.382. The minimum absolute atomic E-state index is 0.0571. The number of fused-ring (bicyclic) bond motifs is 4. The minimum atomic E-state index is -1.25. The molecule has 6 rings (SSSR count). The smallest absolute Gasteiger partial charge is 0.108 e. The van der Waals surface area contributed by atoms with Crippen molar-refractivity contribution in [3.8, 4) is 0 Å². The topological polar surface area (TPSA) is 90.2 Å². The van der Waals surface area contributed by atoms with Crippen LogP contribution in [0.4, 0.5) is 0 Å². The molecule has 2 spiro atoms. The van der Waals surface area contributed by atoms with E-state index in [1.54, 1.807) is 13.8 Å². The average molecular weight is 531 g/mol. The molecule has 5 aliphatic carbocycles. The zero-order valence-corrected chi connectivity index (χ0v) is 25.1. The summed E-state index contributed by atoms with van der Waals surface area (Å²) in [7, 11) is 0. The van der Waals surface area contributed by atoms with Gasteiger partial charge in [-0.05, 0) is 98.7 Å². The van der Waals surface area contributed by atoms with Crippen LogP contribution in [0.3, 0.4) is 0 Å². The van der Waals surface area contributed by atoms with Gasteiger partial charge in [-0.25, -0.2) is 0 Å². The number of rotatable bonds is 3. The van der Waals surface area contributed by atoms with Gasteiger partial charge in [-0.2, -0.15) is 0 Å². The Kier molecular flexibility index (Phi) is 5.60. The van der Waals surface area contributed by atoms with Crippen LogP contribution in [0.25, 0.3) is 0 Å². The van der Waals surface area contributed by atoms with Gasteiger partial charge in [0.25, 0.3) is 0 Å². The third-order valence-electron chi connectivity index (χ3n) is 15.3. The summed E-state index contributed by atoms with van der Waals surface area (Å²) in [5.41, 5.74) is -1.66. The summed E-state index contributed by atoms with van der Waals surface area (Å²) in [6, 6.07) is 0. The van der Waals surface area contributed by atoms with Crippen molar-refractivity contribution >= 4 is 0 Å². The third kappa shape index (κ3) is 2.61. The standard InChI is InChI=1S/C33H54O5/c1-10-31-13-11-21-30(9)26(36)24-23(18(2)17-20(38-24)25(35)28(6,7)37)29(30,8)15-16-32(21)19(3)33(31,32)14-12-22(34)27(31,4)5/h10,18-26,34-37H,1,11-17H2,2-9H3/t18-,19+,20?,21+,22?,23?,24?,25+,26+,29-,30-,31+,32+,33-/m1/s1. The zero-order valence-electron chi connectivity index (χ0n) is 25.1. The second-order valence-electron chi connectivity index (χ2n) is 16.4. The Bertz CT molecular complexity index is 1020.